The molecule has 0 aliphatic carbocycles. The number of nitrogens with two attached hydrogens (primary N) is 1. The molecule has 5 nitrogen and oxygen atoms in total. The molecule has 1 aromatic carbocycles. The van der Waals surface area contributed by atoms with Crippen molar-refractivity contribution in [1.29, 1.82) is 0 Å². The first-order chi connectivity index (χ1) is 10.1. The lowest BCUT2D eigenvalue weighted by Crippen LogP contribution is -2.40. The minimum atomic E-state index is -1.05. The Hall–Kier alpha value is -1.37. The maximum absolute atomic E-state index is 14.1. The maximum Gasteiger partial charge on any atom is 0.164 e. The minimum Gasteiger partial charge on any atom is -0.486 e. The molecule has 0 bridgehead atoms. The summed E-state index contributed by atoms with van der Waals surface area (Å²) >= 11 is 0. The molecule has 2 aliphatic rings. The second-order valence-electron chi connectivity index (χ2n) is 5.63. The SMILES string of the molecule is NC(CN1CCCC1)C(O)c1cc2c(cc1F)OCCO2. The molecule has 2 atom stereocenters. The monoisotopic (exact) mass is 296 g/mol. The minimum absolute atomic E-state index is 0.172. The summed E-state index contributed by atoms with van der Waals surface area (Å²) in [5.74, 6) is 0.330. The number of halogens is 1. The molecule has 21 heavy (non-hydrogen) atoms. The third-order valence-electron chi connectivity index (χ3n) is 4.05. The van der Waals surface area contributed by atoms with Gasteiger partial charge in [0.2, 0.25) is 0 Å². The molecule has 0 radical (unpaired) electrons. The smallest absolute Gasteiger partial charge is 0.164 e. The van der Waals surface area contributed by atoms with Crippen molar-refractivity contribution >= 4 is 0 Å². The zero-order valence-electron chi connectivity index (χ0n) is 11.9. The molecular formula is C15H21FN2O3. The number of nitrogens with zero attached hydrogens (tertiary/aromatic N) is 1. The van der Waals surface area contributed by atoms with Crippen LogP contribution in [0.4, 0.5) is 4.39 Å². The molecule has 116 valence electrons. The van der Waals surface area contributed by atoms with Crippen LogP contribution in [-0.4, -0.2) is 48.9 Å². The van der Waals surface area contributed by atoms with Gasteiger partial charge in [-0.2, -0.15) is 0 Å². The number of rotatable bonds is 4. The normalized spacial score (nSPS) is 21.3. The lowest BCUT2D eigenvalue weighted by Gasteiger charge is -2.26. The lowest BCUT2D eigenvalue weighted by atomic mass is 10.0. The molecule has 0 spiro atoms. The molecule has 2 unspecified atom stereocenters. The van der Waals surface area contributed by atoms with Crippen molar-refractivity contribution < 1.29 is 19.0 Å². The molecule has 1 fully saturated rings. The quantitative estimate of drug-likeness (QED) is 0.869. The van der Waals surface area contributed by atoms with Gasteiger partial charge in [0, 0.05) is 24.2 Å². The van der Waals surface area contributed by atoms with Crippen LogP contribution in [0.5, 0.6) is 11.5 Å². The molecule has 0 saturated carbocycles. The van der Waals surface area contributed by atoms with Crippen LogP contribution in [0.3, 0.4) is 0 Å². The summed E-state index contributed by atoms with van der Waals surface area (Å²) in [6.45, 7) is 3.37. The molecular weight excluding hydrogens is 275 g/mol. The van der Waals surface area contributed by atoms with E-state index in [4.69, 9.17) is 15.2 Å². The number of aliphatic hydroxyl groups excluding tert-OH is 1. The van der Waals surface area contributed by atoms with Gasteiger partial charge in [0.1, 0.15) is 19.0 Å². The van der Waals surface area contributed by atoms with Crippen molar-refractivity contribution in [3.8, 4) is 11.5 Å². The predicted molar refractivity (Wildman–Crippen MR) is 76.0 cm³/mol. The molecule has 2 heterocycles. The summed E-state index contributed by atoms with van der Waals surface area (Å²) in [7, 11) is 0. The average molecular weight is 296 g/mol. The van der Waals surface area contributed by atoms with E-state index in [2.05, 4.69) is 4.90 Å². The first kappa shape index (κ1) is 14.6. The van der Waals surface area contributed by atoms with Crippen molar-refractivity contribution in [2.45, 2.75) is 25.0 Å². The number of fused-ring (bicyclic) bond motifs is 1. The highest BCUT2D eigenvalue weighted by Crippen LogP contribution is 2.35. The van der Waals surface area contributed by atoms with Crippen LogP contribution in [0.25, 0.3) is 0 Å². The highest BCUT2D eigenvalue weighted by atomic mass is 19.1. The first-order valence-corrected chi connectivity index (χ1v) is 7.40. The van der Waals surface area contributed by atoms with Crippen molar-refractivity contribution in [3.05, 3.63) is 23.5 Å². The van der Waals surface area contributed by atoms with E-state index >= 15 is 0 Å². The fourth-order valence-corrected chi connectivity index (χ4v) is 2.90. The summed E-state index contributed by atoms with van der Waals surface area (Å²) in [6, 6.07) is 2.23. The van der Waals surface area contributed by atoms with Crippen LogP contribution < -0.4 is 15.2 Å². The van der Waals surface area contributed by atoms with Gasteiger partial charge in [0.25, 0.3) is 0 Å². The number of ether oxygens (including phenoxy) is 2. The maximum atomic E-state index is 14.1. The fraction of sp³-hybridized carbons (Fsp3) is 0.600. The second kappa shape index (κ2) is 6.17. The van der Waals surface area contributed by atoms with E-state index < -0.39 is 18.0 Å². The Labute approximate surface area is 123 Å². The molecule has 3 rings (SSSR count). The highest BCUT2D eigenvalue weighted by Gasteiger charge is 2.26. The van der Waals surface area contributed by atoms with E-state index in [0.717, 1.165) is 25.9 Å². The van der Waals surface area contributed by atoms with Crippen molar-refractivity contribution in [2.75, 3.05) is 32.8 Å². The van der Waals surface area contributed by atoms with E-state index in [-0.39, 0.29) is 5.56 Å². The van der Waals surface area contributed by atoms with Gasteiger partial charge in [-0.1, -0.05) is 0 Å². The van der Waals surface area contributed by atoms with Crippen molar-refractivity contribution in [1.82, 2.24) is 4.90 Å². The fourth-order valence-electron chi connectivity index (χ4n) is 2.90. The van der Waals surface area contributed by atoms with E-state index in [1.165, 1.54) is 12.1 Å². The van der Waals surface area contributed by atoms with Crippen molar-refractivity contribution in [2.24, 2.45) is 5.73 Å². The van der Waals surface area contributed by atoms with E-state index in [0.29, 0.717) is 31.3 Å². The van der Waals surface area contributed by atoms with Gasteiger partial charge in [0.15, 0.2) is 11.5 Å². The number of hydrogen-bond donors (Lipinski definition) is 2. The summed E-state index contributed by atoms with van der Waals surface area (Å²) < 4.78 is 24.9. The number of aliphatic hydroxyl groups is 1. The molecule has 0 aromatic heterocycles. The molecule has 6 heteroatoms. The van der Waals surface area contributed by atoms with Gasteiger partial charge in [-0.25, -0.2) is 4.39 Å². The zero-order valence-corrected chi connectivity index (χ0v) is 11.9. The Balaban J connectivity index is 1.75. The second-order valence-corrected chi connectivity index (χ2v) is 5.63. The van der Waals surface area contributed by atoms with Gasteiger partial charge >= 0.3 is 0 Å². The number of likely N-dealkylation sites (tertiary alicyclic amines) is 1. The number of benzene rings is 1. The average Bonchev–Trinajstić information content (AvgIpc) is 2.98. The molecule has 2 aliphatic heterocycles. The van der Waals surface area contributed by atoms with Crippen LogP contribution in [0.2, 0.25) is 0 Å². The van der Waals surface area contributed by atoms with E-state index in [1.807, 2.05) is 0 Å². The Bertz CT molecular complexity index is 506. The van der Waals surface area contributed by atoms with Gasteiger partial charge in [-0.3, -0.25) is 0 Å². The predicted octanol–water partition coefficient (Wildman–Crippen LogP) is 1.05. The highest BCUT2D eigenvalue weighted by molar-refractivity contribution is 5.45. The van der Waals surface area contributed by atoms with Gasteiger partial charge in [0.05, 0.1) is 6.10 Å². The largest absolute Gasteiger partial charge is 0.486 e. The molecule has 1 aromatic rings. The summed E-state index contributed by atoms with van der Waals surface area (Å²) in [4.78, 5) is 2.20. The Kier molecular flexibility index (Phi) is 4.28. The van der Waals surface area contributed by atoms with E-state index in [9.17, 15) is 9.50 Å². The summed E-state index contributed by atoms with van der Waals surface area (Å²) in [5.41, 5.74) is 6.22. The Morgan fingerprint density at radius 1 is 1.19 bits per heavy atom. The van der Waals surface area contributed by atoms with Crippen LogP contribution in [0.15, 0.2) is 12.1 Å². The topological polar surface area (TPSA) is 68.0 Å². The molecule has 3 N–H and O–H groups in total. The zero-order chi connectivity index (χ0) is 14.8. The van der Waals surface area contributed by atoms with Gasteiger partial charge < -0.3 is 25.2 Å². The Morgan fingerprint density at radius 2 is 1.81 bits per heavy atom. The molecule has 0 amide bonds. The lowest BCUT2D eigenvalue weighted by molar-refractivity contribution is 0.120. The Morgan fingerprint density at radius 3 is 2.48 bits per heavy atom. The van der Waals surface area contributed by atoms with Gasteiger partial charge in [-0.15, -0.1) is 0 Å². The van der Waals surface area contributed by atoms with Gasteiger partial charge in [-0.05, 0) is 32.0 Å². The van der Waals surface area contributed by atoms with E-state index in [1.54, 1.807) is 0 Å². The third-order valence-corrected chi connectivity index (χ3v) is 4.05. The number of hydrogen-bond acceptors (Lipinski definition) is 5. The summed E-state index contributed by atoms with van der Waals surface area (Å²) in [5, 5.41) is 10.3. The van der Waals surface area contributed by atoms with Crippen molar-refractivity contribution in [3.63, 3.8) is 0 Å². The van der Waals surface area contributed by atoms with Crippen LogP contribution in [0, 0.1) is 5.82 Å². The third kappa shape index (κ3) is 3.12. The van der Waals surface area contributed by atoms with Crippen LogP contribution in [0.1, 0.15) is 24.5 Å². The first-order valence-electron chi connectivity index (χ1n) is 7.40. The summed E-state index contributed by atoms with van der Waals surface area (Å²) in [6.07, 6.45) is 1.25. The standard InChI is InChI=1S/C15H21FN2O3/c16-11-8-14-13(20-5-6-21-14)7-10(11)15(19)12(17)9-18-3-1-2-4-18/h7-8,12,15,19H,1-6,9,17H2. The molecule has 1 saturated heterocycles. The van der Waals surface area contributed by atoms with Crippen LogP contribution >= 0.6 is 0 Å². The van der Waals surface area contributed by atoms with Crippen LogP contribution in [-0.2, 0) is 0 Å².